The van der Waals surface area contributed by atoms with Crippen molar-refractivity contribution in [2.24, 2.45) is 0 Å². The summed E-state index contributed by atoms with van der Waals surface area (Å²) in [6, 6.07) is 8.18. The van der Waals surface area contributed by atoms with Crippen LogP contribution >= 0.6 is 0 Å². The Morgan fingerprint density at radius 3 is 2.44 bits per heavy atom. The van der Waals surface area contributed by atoms with E-state index in [-0.39, 0.29) is 11.9 Å². The topological polar surface area (TPSA) is 41.6 Å². The molecule has 18 heavy (non-hydrogen) atoms. The second-order valence-electron chi connectivity index (χ2n) is 4.49. The number of nitrogens with one attached hydrogen (secondary N) is 1. The van der Waals surface area contributed by atoms with Gasteiger partial charge in [0.05, 0.1) is 7.11 Å². The predicted octanol–water partition coefficient (Wildman–Crippen LogP) is 1.82. The van der Waals surface area contributed by atoms with Gasteiger partial charge >= 0.3 is 0 Å². The Morgan fingerprint density at radius 1 is 1.33 bits per heavy atom. The predicted molar refractivity (Wildman–Crippen MR) is 72.7 cm³/mol. The molecule has 1 rings (SSSR count). The lowest BCUT2D eigenvalue weighted by Crippen LogP contribution is -2.28. The van der Waals surface area contributed by atoms with E-state index in [0.717, 1.165) is 5.75 Å². The molecule has 4 heteroatoms. The van der Waals surface area contributed by atoms with Crippen molar-refractivity contribution in [3.63, 3.8) is 0 Å². The van der Waals surface area contributed by atoms with Crippen molar-refractivity contribution in [1.29, 1.82) is 0 Å². The number of rotatable bonds is 6. The van der Waals surface area contributed by atoms with Crippen molar-refractivity contribution in [2.75, 3.05) is 27.7 Å². The highest BCUT2D eigenvalue weighted by atomic mass is 16.5. The summed E-state index contributed by atoms with van der Waals surface area (Å²) in [7, 11) is 5.20. The zero-order valence-corrected chi connectivity index (χ0v) is 11.6. The number of hydrogen-bond acceptors (Lipinski definition) is 3. The number of ether oxygens (including phenoxy) is 1. The monoisotopic (exact) mass is 250 g/mol. The Kier molecular flexibility index (Phi) is 5.65. The minimum atomic E-state index is 0.143. The van der Waals surface area contributed by atoms with E-state index < -0.39 is 0 Å². The lowest BCUT2D eigenvalue weighted by Gasteiger charge is -2.16. The summed E-state index contributed by atoms with van der Waals surface area (Å²) in [6.07, 6.45) is 0.521. The first-order valence-corrected chi connectivity index (χ1v) is 6.12. The van der Waals surface area contributed by atoms with E-state index in [1.54, 1.807) is 26.1 Å². The van der Waals surface area contributed by atoms with Gasteiger partial charge in [0.1, 0.15) is 5.75 Å². The molecule has 0 saturated heterocycles. The van der Waals surface area contributed by atoms with Gasteiger partial charge in [0.15, 0.2) is 0 Å². The third-order valence-electron chi connectivity index (χ3n) is 2.90. The van der Waals surface area contributed by atoms with Crippen molar-refractivity contribution in [3.8, 4) is 5.75 Å². The normalized spacial score (nSPS) is 12.0. The van der Waals surface area contributed by atoms with Crippen LogP contribution in [-0.2, 0) is 4.79 Å². The summed E-state index contributed by atoms with van der Waals surface area (Å²) >= 11 is 0. The molecule has 1 atom stereocenters. The largest absolute Gasteiger partial charge is 0.497 e. The van der Waals surface area contributed by atoms with Crippen molar-refractivity contribution < 1.29 is 9.53 Å². The van der Waals surface area contributed by atoms with E-state index >= 15 is 0 Å². The van der Waals surface area contributed by atoms with Crippen molar-refractivity contribution in [1.82, 2.24) is 10.2 Å². The van der Waals surface area contributed by atoms with Gasteiger partial charge < -0.3 is 15.0 Å². The molecule has 0 saturated carbocycles. The van der Waals surface area contributed by atoms with Crippen molar-refractivity contribution in [3.05, 3.63) is 29.8 Å². The molecule has 0 spiro atoms. The van der Waals surface area contributed by atoms with Crippen LogP contribution in [0.5, 0.6) is 5.75 Å². The van der Waals surface area contributed by atoms with Crippen LogP contribution in [-0.4, -0.2) is 38.6 Å². The minimum Gasteiger partial charge on any atom is -0.497 e. The highest BCUT2D eigenvalue weighted by molar-refractivity contribution is 5.75. The van der Waals surface area contributed by atoms with Crippen LogP contribution in [0.2, 0.25) is 0 Å². The average molecular weight is 250 g/mol. The molecule has 0 aliphatic rings. The second-order valence-corrected chi connectivity index (χ2v) is 4.49. The first-order chi connectivity index (χ1) is 8.54. The van der Waals surface area contributed by atoms with Gasteiger partial charge in [0.2, 0.25) is 5.91 Å². The first kappa shape index (κ1) is 14.5. The quantitative estimate of drug-likeness (QED) is 0.837. The van der Waals surface area contributed by atoms with Crippen LogP contribution in [0.4, 0.5) is 0 Å². The Bertz CT molecular complexity index is 374. The molecule has 0 aromatic heterocycles. The van der Waals surface area contributed by atoms with Gasteiger partial charge in [-0.2, -0.15) is 0 Å². The number of benzene rings is 1. The molecule has 0 aliphatic carbocycles. The maximum Gasteiger partial charge on any atom is 0.223 e. The first-order valence-electron chi connectivity index (χ1n) is 6.12. The molecule has 0 aliphatic heterocycles. The molecule has 0 bridgehead atoms. The minimum absolute atomic E-state index is 0.143. The van der Waals surface area contributed by atoms with Gasteiger partial charge in [-0.25, -0.2) is 0 Å². The average Bonchev–Trinajstić information content (AvgIpc) is 2.38. The van der Waals surface area contributed by atoms with E-state index in [4.69, 9.17) is 4.74 Å². The van der Waals surface area contributed by atoms with Crippen molar-refractivity contribution in [2.45, 2.75) is 19.4 Å². The molecule has 0 fully saturated rings. The second kappa shape index (κ2) is 7.01. The van der Waals surface area contributed by atoms with Crippen LogP contribution in [0, 0.1) is 0 Å². The van der Waals surface area contributed by atoms with Crippen molar-refractivity contribution >= 4 is 5.91 Å². The molecule has 4 nitrogen and oxygen atoms in total. The van der Waals surface area contributed by atoms with Crippen LogP contribution in [0.25, 0.3) is 0 Å². The van der Waals surface area contributed by atoms with E-state index in [9.17, 15) is 4.79 Å². The maximum atomic E-state index is 11.4. The van der Waals surface area contributed by atoms with Crippen LogP contribution in [0.15, 0.2) is 24.3 Å². The fourth-order valence-electron chi connectivity index (χ4n) is 1.63. The third kappa shape index (κ3) is 4.37. The zero-order valence-electron chi connectivity index (χ0n) is 11.6. The van der Waals surface area contributed by atoms with E-state index in [2.05, 4.69) is 12.2 Å². The highest BCUT2D eigenvalue weighted by Crippen LogP contribution is 2.16. The van der Waals surface area contributed by atoms with E-state index in [1.165, 1.54) is 5.56 Å². The van der Waals surface area contributed by atoms with E-state index in [0.29, 0.717) is 13.0 Å². The fourth-order valence-corrected chi connectivity index (χ4v) is 1.63. The number of carbonyl (C=O) groups is 1. The Hall–Kier alpha value is -1.55. The van der Waals surface area contributed by atoms with Gasteiger partial charge in [-0.15, -0.1) is 0 Å². The maximum absolute atomic E-state index is 11.4. The molecule has 1 aromatic carbocycles. The van der Waals surface area contributed by atoms with Gasteiger partial charge in [-0.3, -0.25) is 4.79 Å². The fraction of sp³-hybridized carbons (Fsp3) is 0.500. The lowest BCUT2D eigenvalue weighted by atomic mass is 10.1. The van der Waals surface area contributed by atoms with Crippen LogP contribution in [0.3, 0.4) is 0 Å². The smallest absolute Gasteiger partial charge is 0.223 e. The third-order valence-corrected chi connectivity index (χ3v) is 2.90. The van der Waals surface area contributed by atoms with Crippen LogP contribution in [0.1, 0.15) is 24.9 Å². The number of hydrogen-bond donors (Lipinski definition) is 1. The molecular weight excluding hydrogens is 228 g/mol. The summed E-state index contributed by atoms with van der Waals surface area (Å²) in [5.41, 5.74) is 1.19. The molecule has 1 aromatic rings. The van der Waals surface area contributed by atoms with E-state index in [1.807, 2.05) is 24.3 Å². The molecule has 1 amide bonds. The van der Waals surface area contributed by atoms with Gasteiger partial charge in [0.25, 0.3) is 0 Å². The molecule has 0 heterocycles. The molecule has 1 N–H and O–H groups in total. The highest BCUT2D eigenvalue weighted by Gasteiger charge is 2.07. The Labute approximate surface area is 109 Å². The molecular formula is C14H22N2O2. The van der Waals surface area contributed by atoms with Gasteiger partial charge in [-0.1, -0.05) is 12.1 Å². The summed E-state index contributed by atoms with van der Waals surface area (Å²) in [5, 5.41) is 3.33. The summed E-state index contributed by atoms with van der Waals surface area (Å²) in [4.78, 5) is 13.0. The Balaban J connectivity index is 2.40. The van der Waals surface area contributed by atoms with Gasteiger partial charge in [0, 0.05) is 33.1 Å². The van der Waals surface area contributed by atoms with Gasteiger partial charge in [-0.05, 0) is 24.6 Å². The summed E-state index contributed by atoms with van der Waals surface area (Å²) in [5.74, 6) is 0.998. The number of amides is 1. The standard InChI is InChI=1S/C14H22N2O2/c1-11(15-10-9-14(17)16(2)3)12-5-7-13(18-4)8-6-12/h5-8,11,15H,9-10H2,1-4H3. The summed E-state index contributed by atoms with van der Waals surface area (Å²) in [6.45, 7) is 2.77. The zero-order chi connectivity index (χ0) is 13.5. The van der Waals surface area contributed by atoms with Crippen LogP contribution < -0.4 is 10.1 Å². The molecule has 1 unspecified atom stereocenters. The number of nitrogens with zero attached hydrogens (tertiary/aromatic N) is 1. The number of carbonyl (C=O) groups excluding carboxylic acids is 1. The number of methoxy groups -OCH3 is 1. The molecule has 100 valence electrons. The Morgan fingerprint density at radius 2 is 1.94 bits per heavy atom. The SMILES string of the molecule is COc1ccc(C(C)NCCC(=O)N(C)C)cc1. The summed E-state index contributed by atoms with van der Waals surface area (Å²) < 4.78 is 5.12. The molecule has 0 radical (unpaired) electrons. The lowest BCUT2D eigenvalue weighted by molar-refractivity contribution is -0.128.